The number of anilines is 3. The van der Waals surface area contributed by atoms with Gasteiger partial charge in [0.2, 0.25) is 5.91 Å². The molecule has 2 fully saturated rings. The van der Waals surface area contributed by atoms with Crippen molar-refractivity contribution in [3.05, 3.63) is 89.4 Å². The predicted molar refractivity (Wildman–Crippen MR) is 231 cm³/mol. The molecule has 0 saturated heterocycles. The van der Waals surface area contributed by atoms with Crippen molar-refractivity contribution in [3.63, 3.8) is 0 Å². The van der Waals surface area contributed by atoms with Crippen molar-refractivity contribution >= 4 is 55.9 Å². The Morgan fingerprint density at radius 1 is 0.900 bits per heavy atom. The van der Waals surface area contributed by atoms with Gasteiger partial charge in [0.25, 0.3) is 0 Å². The van der Waals surface area contributed by atoms with Crippen LogP contribution in [0.25, 0.3) is 10.8 Å². The number of fused-ring (bicyclic) bond motifs is 1. The minimum absolute atomic E-state index is 0.00352. The van der Waals surface area contributed by atoms with Crippen LogP contribution >= 0.6 is 0 Å². The van der Waals surface area contributed by atoms with Crippen molar-refractivity contribution in [1.82, 2.24) is 14.8 Å². The van der Waals surface area contributed by atoms with Crippen LogP contribution in [0, 0.1) is 11.7 Å². The zero-order chi connectivity index (χ0) is 43.7. The number of amides is 3. The van der Waals surface area contributed by atoms with Crippen LogP contribution in [-0.2, 0) is 37.1 Å². The summed E-state index contributed by atoms with van der Waals surface area (Å²) in [4.78, 5) is 50.4. The van der Waals surface area contributed by atoms with Gasteiger partial charge in [-0.3, -0.25) is 4.79 Å². The number of carbonyl (C=O) groups is 3. The fraction of sp³-hybridized carbons (Fsp3) is 0.467. The van der Waals surface area contributed by atoms with Crippen LogP contribution in [-0.4, -0.2) is 84.9 Å². The van der Waals surface area contributed by atoms with E-state index < -0.39 is 50.3 Å². The topological polar surface area (TPSA) is 164 Å². The highest BCUT2D eigenvalue weighted by atomic mass is 32.2. The molecular formula is C45H57FN6O7S. The van der Waals surface area contributed by atoms with Crippen molar-refractivity contribution in [2.24, 2.45) is 5.92 Å². The van der Waals surface area contributed by atoms with Crippen LogP contribution in [0.4, 0.5) is 31.2 Å². The van der Waals surface area contributed by atoms with E-state index in [9.17, 15) is 22.8 Å². The van der Waals surface area contributed by atoms with Gasteiger partial charge in [0.15, 0.2) is 15.7 Å². The van der Waals surface area contributed by atoms with Crippen LogP contribution in [0.2, 0.25) is 0 Å². The molecule has 6 rings (SSSR count). The number of carbonyl (C=O) groups excluding carboxylic acids is 3. The molecule has 1 heterocycles. The van der Waals surface area contributed by atoms with Gasteiger partial charge in [-0.1, -0.05) is 24.3 Å². The Kier molecular flexibility index (Phi) is 12.8. The van der Waals surface area contributed by atoms with E-state index in [0.717, 1.165) is 37.2 Å². The quantitative estimate of drug-likeness (QED) is 0.117. The highest BCUT2D eigenvalue weighted by Crippen LogP contribution is 2.37. The third kappa shape index (κ3) is 11.1. The summed E-state index contributed by atoms with van der Waals surface area (Å²) in [6.45, 7) is 11.7. The third-order valence-corrected chi connectivity index (χ3v) is 12.6. The van der Waals surface area contributed by atoms with E-state index in [1.807, 2.05) is 24.3 Å². The standard InChI is InChI=1S/C45H57FN6O7S/c1-44(2,3)58-42(54)52(43(55)59-45(4,5)6)40-35-18-15-33(24-36(35)37(46)25-48-40)49-39(30-11-9-10-28(22-30)20-21-50(7)26-29-12-13-29)41(53)51(8)27-31-23-32(47)14-19-38(31)60(56,57)34-16-17-34/h9-11,14-15,18-19,22-25,29,34,39,49H,12-13,16-17,20-21,26-27,47H2,1-8H3. The monoisotopic (exact) mass is 844 g/mol. The molecule has 1 unspecified atom stereocenters. The van der Waals surface area contributed by atoms with Gasteiger partial charge < -0.3 is 30.3 Å². The number of sulfone groups is 1. The number of hydrogen-bond donors (Lipinski definition) is 2. The van der Waals surface area contributed by atoms with Gasteiger partial charge in [-0.2, -0.15) is 4.90 Å². The van der Waals surface area contributed by atoms with Crippen molar-refractivity contribution in [1.29, 1.82) is 0 Å². The lowest BCUT2D eigenvalue weighted by atomic mass is 10.00. The van der Waals surface area contributed by atoms with E-state index >= 15 is 4.39 Å². The number of nitrogens with one attached hydrogen (secondary N) is 1. The zero-order valence-electron chi connectivity index (χ0n) is 35.7. The number of nitrogens with two attached hydrogens (primary N) is 1. The summed E-state index contributed by atoms with van der Waals surface area (Å²) in [7, 11) is 0.104. The van der Waals surface area contributed by atoms with Crippen molar-refractivity contribution in [2.45, 2.75) is 108 Å². The number of pyridine rings is 1. The van der Waals surface area contributed by atoms with Crippen molar-refractivity contribution in [3.8, 4) is 0 Å². The summed E-state index contributed by atoms with van der Waals surface area (Å²) >= 11 is 0. The van der Waals surface area contributed by atoms with Crippen LogP contribution in [0.5, 0.6) is 0 Å². The number of halogens is 1. The van der Waals surface area contributed by atoms with E-state index in [-0.39, 0.29) is 33.9 Å². The van der Waals surface area contributed by atoms with Gasteiger partial charge in [0.05, 0.1) is 16.3 Å². The van der Waals surface area contributed by atoms with Crippen LogP contribution in [0.3, 0.4) is 0 Å². The lowest BCUT2D eigenvalue weighted by molar-refractivity contribution is -0.131. The second-order valence-electron chi connectivity index (χ2n) is 18.1. The van der Waals surface area contributed by atoms with Crippen molar-refractivity contribution in [2.75, 3.05) is 43.1 Å². The molecule has 0 radical (unpaired) electrons. The third-order valence-electron chi connectivity index (χ3n) is 10.2. The Labute approximate surface area is 352 Å². The summed E-state index contributed by atoms with van der Waals surface area (Å²) < 4.78 is 53.7. The van der Waals surface area contributed by atoms with Gasteiger partial charge in [0.1, 0.15) is 23.1 Å². The first-order chi connectivity index (χ1) is 28.1. The number of benzene rings is 3. The maximum absolute atomic E-state index is 15.8. The summed E-state index contributed by atoms with van der Waals surface area (Å²) in [5, 5.41) is 2.98. The number of nitrogen functional groups attached to an aromatic ring is 1. The molecule has 0 bridgehead atoms. The maximum Gasteiger partial charge on any atom is 0.425 e. The molecule has 1 aromatic heterocycles. The maximum atomic E-state index is 15.8. The van der Waals surface area contributed by atoms with Gasteiger partial charge in [-0.15, -0.1) is 0 Å². The number of hydrogen-bond acceptors (Lipinski definition) is 11. The number of imide groups is 1. The average molecular weight is 845 g/mol. The van der Waals surface area contributed by atoms with Crippen LogP contribution in [0.15, 0.2) is 71.8 Å². The zero-order valence-corrected chi connectivity index (χ0v) is 36.6. The Morgan fingerprint density at radius 3 is 2.18 bits per heavy atom. The summed E-state index contributed by atoms with van der Waals surface area (Å²) in [5.74, 6) is -0.576. The molecule has 15 heteroatoms. The van der Waals surface area contributed by atoms with Gasteiger partial charge in [-0.05, 0) is 140 Å². The second-order valence-corrected chi connectivity index (χ2v) is 20.3. The van der Waals surface area contributed by atoms with E-state index in [1.165, 1.54) is 35.9 Å². The fourth-order valence-corrected chi connectivity index (χ4v) is 8.83. The predicted octanol–water partition coefficient (Wildman–Crippen LogP) is 8.26. The van der Waals surface area contributed by atoms with E-state index in [4.69, 9.17) is 15.2 Å². The minimum Gasteiger partial charge on any atom is -0.443 e. The summed E-state index contributed by atoms with van der Waals surface area (Å²) in [6.07, 6.45) is 3.24. The Hall–Kier alpha value is -5.28. The number of ether oxygens (including phenoxy) is 2. The largest absolute Gasteiger partial charge is 0.443 e. The molecule has 3 N–H and O–H groups in total. The molecule has 322 valence electrons. The molecule has 0 aliphatic heterocycles. The smallest absolute Gasteiger partial charge is 0.425 e. The Morgan fingerprint density at radius 2 is 1.57 bits per heavy atom. The van der Waals surface area contributed by atoms with Gasteiger partial charge in [0, 0.05) is 48.8 Å². The highest BCUT2D eigenvalue weighted by molar-refractivity contribution is 7.92. The van der Waals surface area contributed by atoms with E-state index in [2.05, 4.69) is 22.2 Å². The average Bonchev–Trinajstić information content (AvgIpc) is 4.08. The summed E-state index contributed by atoms with van der Waals surface area (Å²) in [6, 6.07) is 16.0. The van der Waals surface area contributed by atoms with E-state index in [1.54, 1.807) is 66.8 Å². The molecule has 2 aliphatic rings. The Balaban J connectivity index is 1.36. The van der Waals surface area contributed by atoms with Gasteiger partial charge in [-0.25, -0.2) is 27.4 Å². The first-order valence-corrected chi connectivity index (χ1v) is 21.9. The molecule has 2 aliphatic carbocycles. The molecule has 3 amide bonds. The molecule has 13 nitrogen and oxygen atoms in total. The molecular weight excluding hydrogens is 788 g/mol. The van der Waals surface area contributed by atoms with Crippen LogP contribution < -0.4 is 16.0 Å². The lowest BCUT2D eigenvalue weighted by Crippen LogP contribution is -2.44. The van der Waals surface area contributed by atoms with Crippen molar-refractivity contribution < 1.29 is 36.7 Å². The molecule has 3 aromatic carbocycles. The normalized spacial score (nSPS) is 15.1. The second kappa shape index (κ2) is 17.4. The lowest BCUT2D eigenvalue weighted by Gasteiger charge is -2.29. The van der Waals surface area contributed by atoms with Crippen LogP contribution in [0.1, 0.15) is 90.0 Å². The number of nitrogens with zero attached hydrogens (tertiary/aromatic N) is 4. The first kappa shape index (κ1) is 44.3. The first-order valence-electron chi connectivity index (χ1n) is 20.3. The fourth-order valence-electron chi connectivity index (χ4n) is 6.97. The Bertz CT molecular complexity index is 2340. The molecule has 60 heavy (non-hydrogen) atoms. The summed E-state index contributed by atoms with van der Waals surface area (Å²) in [5.41, 5.74) is 6.97. The molecule has 0 spiro atoms. The number of aromatic nitrogens is 1. The molecule has 4 aromatic rings. The highest BCUT2D eigenvalue weighted by Gasteiger charge is 2.39. The van der Waals surface area contributed by atoms with E-state index in [0.29, 0.717) is 40.2 Å². The number of likely N-dealkylation sites (N-methyl/N-ethyl adjacent to an activating group) is 2. The number of rotatable bonds is 14. The van der Waals surface area contributed by atoms with Gasteiger partial charge >= 0.3 is 12.2 Å². The minimum atomic E-state index is -3.61. The molecule has 1 atom stereocenters. The SMILES string of the molecule is CN(CCc1cccc(C(Nc2ccc3c(N(C(=O)OC(C)(C)C)C(=O)OC(C)(C)C)ncc(F)c3c2)C(=O)N(C)Cc2cc(N)ccc2S(=O)(=O)C2CC2)c1)CC1CC1. The molecule has 2 saturated carbocycles.